The van der Waals surface area contributed by atoms with Gasteiger partial charge in [-0.3, -0.25) is 4.79 Å². The van der Waals surface area contributed by atoms with E-state index >= 15 is 0 Å². The summed E-state index contributed by atoms with van der Waals surface area (Å²) in [5.74, 6) is -0.347. The fraction of sp³-hybridized carbons (Fsp3) is 0.800. The number of methoxy groups -OCH3 is 1. The van der Waals surface area contributed by atoms with Crippen molar-refractivity contribution >= 4 is 5.91 Å². The molecule has 0 aliphatic heterocycles. The Balaban J connectivity index is 4.29. The van der Waals surface area contributed by atoms with Crippen LogP contribution in [0.2, 0.25) is 0 Å². The summed E-state index contributed by atoms with van der Waals surface area (Å²) in [6, 6.07) is 1.67. The molecule has 5 heteroatoms. The zero-order valence-electron chi connectivity index (χ0n) is 9.41. The number of hydrogen-bond acceptors (Lipinski definition) is 4. The van der Waals surface area contributed by atoms with E-state index in [9.17, 15) is 4.79 Å². The molecular weight excluding hydrogens is 196 g/mol. The van der Waals surface area contributed by atoms with Crippen LogP contribution in [-0.2, 0) is 9.53 Å². The van der Waals surface area contributed by atoms with Gasteiger partial charge in [0.1, 0.15) is 5.41 Å². The van der Waals surface area contributed by atoms with Gasteiger partial charge in [-0.2, -0.15) is 5.26 Å². The molecule has 1 unspecified atom stereocenters. The Bertz CT molecular complexity index is 240. The van der Waals surface area contributed by atoms with Crippen LogP contribution in [0.25, 0.3) is 0 Å². The van der Waals surface area contributed by atoms with Crippen molar-refractivity contribution in [2.45, 2.75) is 26.3 Å². The van der Waals surface area contributed by atoms with E-state index in [0.29, 0.717) is 13.0 Å². The second-order valence-electron chi connectivity index (χ2n) is 3.87. The first-order valence-electron chi connectivity index (χ1n) is 4.80. The van der Waals surface area contributed by atoms with Gasteiger partial charge in [0.25, 0.3) is 0 Å². The number of nitriles is 1. The van der Waals surface area contributed by atoms with E-state index in [0.717, 1.165) is 0 Å². The van der Waals surface area contributed by atoms with Crippen molar-refractivity contribution in [1.29, 1.82) is 5.26 Å². The number of nitrogens with one attached hydrogen (secondary N) is 1. The van der Waals surface area contributed by atoms with Crippen LogP contribution >= 0.6 is 0 Å². The molecule has 0 aromatic heterocycles. The highest BCUT2D eigenvalue weighted by Crippen LogP contribution is 2.13. The van der Waals surface area contributed by atoms with E-state index in [1.54, 1.807) is 13.8 Å². The molecule has 0 spiro atoms. The van der Waals surface area contributed by atoms with Gasteiger partial charge in [-0.05, 0) is 20.3 Å². The SMILES string of the molecule is COCC(CCO)NC(=O)C(C)(C)C#N. The Morgan fingerprint density at radius 1 is 1.67 bits per heavy atom. The Hall–Kier alpha value is -1.12. The number of amides is 1. The molecule has 0 bridgehead atoms. The molecule has 5 nitrogen and oxygen atoms in total. The number of aliphatic hydroxyl groups is 1. The van der Waals surface area contributed by atoms with Gasteiger partial charge in [0, 0.05) is 13.7 Å². The molecule has 0 aliphatic rings. The fourth-order valence-electron chi connectivity index (χ4n) is 0.971. The summed E-state index contributed by atoms with van der Waals surface area (Å²) < 4.78 is 4.89. The Morgan fingerprint density at radius 2 is 2.27 bits per heavy atom. The van der Waals surface area contributed by atoms with Crippen molar-refractivity contribution in [3.05, 3.63) is 0 Å². The number of rotatable bonds is 6. The van der Waals surface area contributed by atoms with Crippen LogP contribution in [0.5, 0.6) is 0 Å². The van der Waals surface area contributed by atoms with Gasteiger partial charge >= 0.3 is 0 Å². The molecule has 1 amide bonds. The quantitative estimate of drug-likeness (QED) is 0.654. The third-order valence-corrected chi connectivity index (χ3v) is 2.03. The summed E-state index contributed by atoms with van der Waals surface area (Å²) in [7, 11) is 1.52. The molecule has 0 aliphatic carbocycles. The molecule has 1 atom stereocenters. The monoisotopic (exact) mass is 214 g/mol. The summed E-state index contributed by atoms with van der Waals surface area (Å²) >= 11 is 0. The minimum absolute atomic E-state index is 0.0265. The highest BCUT2D eigenvalue weighted by atomic mass is 16.5. The highest BCUT2D eigenvalue weighted by molar-refractivity contribution is 5.84. The fourth-order valence-corrected chi connectivity index (χ4v) is 0.971. The summed E-state index contributed by atoms with van der Waals surface area (Å²) in [6.45, 7) is 3.39. The van der Waals surface area contributed by atoms with E-state index in [1.165, 1.54) is 7.11 Å². The smallest absolute Gasteiger partial charge is 0.240 e. The molecule has 86 valence electrons. The Morgan fingerprint density at radius 3 is 2.67 bits per heavy atom. The number of ether oxygens (including phenoxy) is 1. The molecule has 0 saturated heterocycles. The van der Waals surface area contributed by atoms with Crippen LogP contribution in [0.15, 0.2) is 0 Å². The molecule has 0 heterocycles. The summed E-state index contributed by atoms with van der Waals surface area (Å²) in [5, 5.41) is 20.2. The molecule has 0 aromatic rings. The standard InChI is InChI=1S/C10H18N2O3/c1-10(2,7-11)9(14)12-8(4-5-13)6-15-3/h8,13H,4-6H2,1-3H3,(H,12,14). The van der Waals surface area contributed by atoms with E-state index in [4.69, 9.17) is 15.1 Å². The van der Waals surface area contributed by atoms with Gasteiger partial charge in [-0.25, -0.2) is 0 Å². The number of nitrogens with zero attached hydrogens (tertiary/aromatic N) is 1. The molecule has 15 heavy (non-hydrogen) atoms. The zero-order chi connectivity index (χ0) is 11.9. The van der Waals surface area contributed by atoms with Gasteiger partial charge in [0.2, 0.25) is 5.91 Å². The lowest BCUT2D eigenvalue weighted by atomic mass is 9.94. The predicted molar refractivity (Wildman–Crippen MR) is 54.9 cm³/mol. The van der Waals surface area contributed by atoms with Gasteiger partial charge in [0.15, 0.2) is 0 Å². The molecule has 0 rings (SSSR count). The Kier molecular flexibility index (Phi) is 5.90. The first-order chi connectivity index (χ1) is 6.97. The van der Waals surface area contributed by atoms with Gasteiger partial charge in [-0.15, -0.1) is 0 Å². The number of carbonyl (C=O) groups excluding carboxylic acids is 1. The number of hydrogen-bond donors (Lipinski definition) is 2. The number of carbonyl (C=O) groups is 1. The predicted octanol–water partition coefficient (Wildman–Crippen LogP) is 0.0498. The lowest BCUT2D eigenvalue weighted by molar-refractivity contribution is -0.128. The average molecular weight is 214 g/mol. The molecule has 0 saturated carbocycles. The third kappa shape index (κ3) is 4.77. The van der Waals surface area contributed by atoms with E-state index in [2.05, 4.69) is 5.32 Å². The maximum Gasteiger partial charge on any atom is 0.240 e. The van der Waals surface area contributed by atoms with Crippen LogP contribution in [0.3, 0.4) is 0 Å². The maximum atomic E-state index is 11.6. The van der Waals surface area contributed by atoms with Crippen LogP contribution in [0.4, 0.5) is 0 Å². The largest absolute Gasteiger partial charge is 0.396 e. The summed E-state index contributed by atoms with van der Waals surface area (Å²) in [6.07, 6.45) is 0.418. The molecule has 0 aromatic carbocycles. The van der Waals surface area contributed by atoms with Crippen molar-refractivity contribution in [1.82, 2.24) is 5.32 Å². The average Bonchev–Trinajstić information content (AvgIpc) is 2.18. The maximum absolute atomic E-state index is 11.6. The van der Waals surface area contributed by atoms with Crippen LogP contribution in [-0.4, -0.2) is 37.4 Å². The van der Waals surface area contributed by atoms with Gasteiger partial charge < -0.3 is 15.2 Å². The van der Waals surface area contributed by atoms with E-state index in [1.807, 2.05) is 6.07 Å². The van der Waals surface area contributed by atoms with Crippen molar-refractivity contribution < 1.29 is 14.6 Å². The van der Waals surface area contributed by atoms with E-state index < -0.39 is 5.41 Å². The van der Waals surface area contributed by atoms with Gasteiger partial charge in [0.05, 0.1) is 18.7 Å². The lowest BCUT2D eigenvalue weighted by Crippen LogP contribution is -2.44. The zero-order valence-corrected chi connectivity index (χ0v) is 9.41. The summed E-state index contributed by atoms with van der Waals surface area (Å²) in [4.78, 5) is 11.6. The molecule has 2 N–H and O–H groups in total. The highest BCUT2D eigenvalue weighted by Gasteiger charge is 2.28. The van der Waals surface area contributed by atoms with Crippen molar-refractivity contribution in [2.75, 3.05) is 20.3 Å². The topological polar surface area (TPSA) is 82.3 Å². The van der Waals surface area contributed by atoms with E-state index in [-0.39, 0.29) is 18.6 Å². The molecular formula is C10H18N2O3. The minimum Gasteiger partial charge on any atom is -0.396 e. The first kappa shape index (κ1) is 13.9. The minimum atomic E-state index is -1.05. The molecule has 0 radical (unpaired) electrons. The first-order valence-corrected chi connectivity index (χ1v) is 4.80. The second kappa shape index (κ2) is 6.38. The number of aliphatic hydroxyl groups excluding tert-OH is 1. The van der Waals surface area contributed by atoms with Crippen LogP contribution < -0.4 is 5.32 Å². The lowest BCUT2D eigenvalue weighted by Gasteiger charge is -2.21. The third-order valence-electron chi connectivity index (χ3n) is 2.03. The van der Waals surface area contributed by atoms with Crippen molar-refractivity contribution in [3.8, 4) is 6.07 Å². The Labute approximate surface area is 90.0 Å². The summed E-state index contributed by atoms with van der Waals surface area (Å²) in [5.41, 5.74) is -1.05. The van der Waals surface area contributed by atoms with Crippen molar-refractivity contribution in [3.63, 3.8) is 0 Å². The molecule has 0 fully saturated rings. The second-order valence-corrected chi connectivity index (χ2v) is 3.87. The van der Waals surface area contributed by atoms with Crippen molar-refractivity contribution in [2.24, 2.45) is 5.41 Å². The normalized spacial score (nSPS) is 13.0. The van der Waals surface area contributed by atoms with Crippen LogP contribution in [0, 0.1) is 16.7 Å². The van der Waals surface area contributed by atoms with Gasteiger partial charge in [-0.1, -0.05) is 0 Å². The van der Waals surface area contributed by atoms with Crippen LogP contribution in [0.1, 0.15) is 20.3 Å².